The Kier molecular flexibility index (Phi) is 7.54. The van der Waals surface area contributed by atoms with E-state index in [0.717, 1.165) is 38.6 Å². The molecule has 0 saturated heterocycles. The van der Waals surface area contributed by atoms with E-state index in [1.54, 1.807) is 0 Å². The van der Waals surface area contributed by atoms with Crippen LogP contribution in [0.25, 0.3) is 0 Å². The van der Waals surface area contributed by atoms with Crippen LogP contribution in [0.5, 0.6) is 0 Å². The number of urea groups is 1. The second kappa shape index (κ2) is 8.90. The molecule has 0 aromatic rings. The molecular weight excluding hydrogens is 268 g/mol. The van der Waals surface area contributed by atoms with Gasteiger partial charge in [0.1, 0.15) is 0 Å². The Balaban J connectivity index is 2.48. The van der Waals surface area contributed by atoms with Gasteiger partial charge in [0.25, 0.3) is 0 Å². The van der Waals surface area contributed by atoms with Crippen molar-refractivity contribution in [2.24, 2.45) is 5.92 Å². The molecule has 0 spiro atoms. The second-order valence-corrected chi connectivity index (χ2v) is 6.14. The lowest BCUT2D eigenvalue weighted by atomic mass is 9.86. The number of unbranched alkanes of at least 4 members (excludes halogenated alkanes) is 1. The molecular formula is C16H30N2O3. The second-order valence-electron chi connectivity index (χ2n) is 6.14. The van der Waals surface area contributed by atoms with Crippen molar-refractivity contribution >= 4 is 12.0 Å². The van der Waals surface area contributed by atoms with Gasteiger partial charge in [-0.3, -0.25) is 4.79 Å². The first-order valence-corrected chi connectivity index (χ1v) is 8.29. The Morgan fingerprint density at radius 3 is 2.33 bits per heavy atom. The summed E-state index contributed by atoms with van der Waals surface area (Å²) in [6, 6.07) is 0.379. The summed E-state index contributed by atoms with van der Waals surface area (Å²) in [4.78, 5) is 25.3. The van der Waals surface area contributed by atoms with Crippen molar-refractivity contribution in [3.8, 4) is 0 Å². The number of hydrogen-bond acceptors (Lipinski definition) is 2. The predicted octanol–water partition coefficient (Wildman–Crippen LogP) is 3.24. The number of hydrogen-bond donors (Lipinski definition) is 2. The van der Waals surface area contributed by atoms with Crippen molar-refractivity contribution in [1.82, 2.24) is 10.2 Å². The van der Waals surface area contributed by atoms with E-state index in [2.05, 4.69) is 26.1 Å². The Bertz CT molecular complexity index is 338. The molecule has 1 fully saturated rings. The van der Waals surface area contributed by atoms with Crippen LogP contribution in [0.3, 0.4) is 0 Å². The number of amides is 2. The first kappa shape index (κ1) is 17.8. The molecule has 0 aromatic heterocycles. The minimum absolute atomic E-state index is 0.0107. The standard InChI is InChI=1S/C16H30N2O3/c1-4-6-11-18(12(3)5-2)16(21)17-14-9-7-13(8-10-14)15(19)20/h12-14H,4-11H2,1-3H3,(H,17,21)(H,19,20). The summed E-state index contributed by atoms with van der Waals surface area (Å²) in [7, 11) is 0. The molecule has 0 heterocycles. The van der Waals surface area contributed by atoms with Crippen LogP contribution in [0.15, 0.2) is 0 Å². The van der Waals surface area contributed by atoms with Gasteiger partial charge in [-0.15, -0.1) is 0 Å². The van der Waals surface area contributed by atoms with Gasteiger partial charge >= 0.3 is 12.0 Å². The van der Waals surface area contributed by atoms with Crippen molar-refractivity contribution in [3.05, 3.63) is 0 Å². The van der Waals surface area contributed by atoms with Gasteiger partial charge in [0.05, 0.1) is 5.92 Å². The van der Waals surface area contributed by atoms with Crippen molar-refractivity contribution in [1.29, 1.82) is 0 Å². The summed E-state index contributed by atoms with van der Waals surface area (Å²) >= 11 is 0. The van der Waals surface area contributed by atoms with E-state index in [-0.39, 0.29) is 24.0 Å². The third kappa shape index (κ3) is 5.56. The van der Waals surface area contributed by atoms with Gasteiger partial charge in [0, 0.05) is 18.6 Å². The molecule has 2 amide bonds. The monoisotopic (exact) mass is 298 g/mol. The first-order chi connectivity index (χ1) is 9.99. The van der Waals surface area contributed by atoms with E-state index in [1.165, 1.54) is 0 Å². The number of carbonyl (C=O) groups is 2. The van der Waals surface area contributed by atoms with Crippen LogP contribution in [0.1, 0.15) is 65.7 Å². The Morgan fingerprint density at radius 2 is 1.86 bits per heavy atom. The van der Waals surface area contributed by atoms with Crippen molar-refractivity contribution in [2.45, 2.75) is 77.8 Å². The van der Waals surface area contributed by atoms with Gasteiger partial charge in [-0.25, -0.2) is 4.79 Å². The number of nitrogens with zero attached hydrogens (tertiary/aromatic N) is 1. The van der Waals surface area contributed by atoms with Gasteiger partial charge in [0.2, 0.25) is 0 Å². The average molecular weight is 298 g/mol. The normalized spacial score (nSPS) is 23.4. The van der Waals surface area contributed by atoms with Gasteiger partial charge < -0.3 is 15.3 Å². The topological polar surface area (TPSA) is 69.6 Å². The van der Waals surface area contributed by atoms with Gasteiger partial charge in [-0.2, -0.15) is 0 Å². The Morgan fingerprint density at radius 1 is 1.24 bits per heavy atom. The number of rotatable bonds is 7. The molecule has 1 unspecified atom stereocenters. The van der Waals surface area contributed by atoms with Gasteiger partial charge in [-0.05, 0) is 45.4 Å². The predicted molar refractivity (Wildman–Crippen MR) is 83.3 cm³/mol. The maximum absolute atomic E-state index is 12.4. The van der Waals surface area contributed by atoms with Crippen LogP contribution in [0.2, 0.25) is 0 Å². The van der Waals surface area contributed by atoms with Crippen LogP contribution < -0.4 is 5.32 Å². The average Bonchev–Trinajstić information content (AvgIpc) is 2.47. The molecule has 0 aromatic carbocycles. The lowest BCUT2D eigenvalue weighted by Gasteiger charge is -2.33. The van der Waals surface area contributed by atoms with Crippen LogP contribution >= 0.6 is 0 Å². The van der Waals surface area contributed by atoms with Crippen molar-refractivity contribution < 1.29 is 14.7 Å². The molecule has 1 aliphatic rings. The summed E-state index contributed by atoms with van der Waals surface area (Å²) in [6.07, 6.45) is 5.91. The van der Waals surface area contributed by atoms with Crippen LogP contribution in [-0.4, -0.2) is 40.6 Å². The number of carboxylic acids is 1. The van der Waals surface area contributed by atoms with Crippen LogP contribution in [-0.2, 0) is 4.79 Å². The highest BCUT2D eigenvalue weighted by Crippen LogP contribution is 2.24. The van der Waals surface area contributed by atoms with E-state index in [4.69, 9.17) is 5.11 Å². The SMILES string of the molecule is CCCCN(C(=O)NC1CCC(C(=O)O)CC1)C(C)CC. The fourth-order valence-corrected chi connectivity index (χ4v) is 2.81. The molecule has 1 atom stereocenters. The summed E-state index contributed by atoms with van der Waals surface area (Å²) in [5.41, 5.74) is 0. The number of aliphatic carboxylic acids is 1. The fourth-order valence-electron chi connectivity index (χ4n) is 2.81. The Labute approximate surface area is 128 Å². The summed E-state index contributed by atoms with van der Waals surface area (Å²) in [5, 5.41) is 12.1. The molecule has 21 heavy (non-hydrogen) atoms. The van der Waals surface area contributed by atoms with E-state index in [9.17, 15) is 9.59 Å². The summed E-state index contributed by atoms with van der Waals surface area (Å²) < 4.78 is 0. The molecule has 1 saturated carbocycles. The third-order valence-electron chi connectivity index (χ3n) is 4.54. The first-order valence-electron chi connectivity index (χ1n) is 8.29. The number of carbonyl (C=O) groups excluding carboxylic acids is 1. The van der Waals surface area contributed by atoms with E-state index >= 15 is 0 Å². The zero-order valence-corrected chi connectivity index (χ0v) is 13.6. The third-order valence-corrected chi connectivity index (χ3v) is 4.54. The van der Waals surface area contributed by atoms with Crippen LogP contribution in [0.4, 0.5) is 4.79 Å². The zero-order chi connectivity index (χ0) is 15.8. The van der Waals surface area contributed by atoms with Crippen molar-refractivity contribution in [3.63, 3.8) is 0 Å². The highest BCUT2D eigenvalue weighted by molar-refractivity contribution is 5.75. The minimum atomic E-state index is -0.705. The van der Waals surface area contributed by atoms with E-state index in [1.807, 2.05) is 4.90 Å². The zero-order valence-electron chi connectivity index (χ0n) is 13.6. The molecule has 5 nitrogen and oxygen atoms in total. The number of nitrogens with one attached hydrogen (secondary N) is 1. The molecule has 1 aliphatic carbocycles. The summed E-state index contributed by atoms with van der Waals surface area (Å²) in [6.45, 7) is 7.09. The lowest BCUT2D eigenvalue weighted by molar-refractivity contribution is -0.142. The Hall–Kier alpha value is -1.26. The largest absolute Gasteiger partial charge is 0.481 e. The van der Waals surface area contributed by atoms with E-state index < -0.39 is 5.97 Å². The molecule has 0 aliphatic heterocycles. The van der Waals surface area contributed by atoms with Crippen molar-refractivity contribution in [2.75, 3.05) is 6.54 Å². The highest BCUT2D eigenvalue weighted by Gasteiger charge is 2.28. The lowest BCUT2D eigenvalue weighted by Crippen LogP contribution is -2.49. The molecule has 5 heteroatoms. The van der Waals surface area contributed by atoms with E-state index in [0.29, 0.717) is 12.8 Å². The molecule has 122 valence electrons. The molecule has 2 N–H and O–H groups in total. The smallest absolute Gasteiger partial charge is 0.317 e. The molecule has 0 bridgehead atoms. The summed E-state index contributed by atoms with van der Waals surface area (Å²) in [5.74, 6) is -0.937. The van der Waals surface area contributed by atoms with Gasteiger partial charge in [0.15, 0.2) is 0 Å². The molecule has 1 rings (SSSR count). The highest BCUT2D eigenvalue weighted by atomic mass is 16.4. The maximum Gasteiger partial charge on any atom is 0.317 e. The quantitative estimate of drug-likeness (QED) is 0.758. The molecule has 0 radical (unpaired) electrons. The van der Waals surface area contributed by atoms with Gasteiger partial charge in [-0.1, -0.05) is 20.3 Å². The maximum atomic E-state index is 12.4. The minimum Gasteiger partial charge on any atom is -0.481 e. The number of carboxylic acid groups (broad SMARTS) is 1. The fraction of sp³-hybridized carbons (Fsp3) is 0.875. The van der Waals surface area contributed by atoms with Crippen LogP contribution in [0, 0.1) is 5.92 Å².